The van der Waals surface area contributed by atoms with Crippen LogP contribution in [0.3, 0.4) is 0 Å². The highest BCUT2D eigenvalue weighted by atomic mass is 16.7. The molecule has 2 aromatic carbocycles. The lowest BCUT2D eigenvalue weighted by atomic mass is 9.64. The number of ether oxygens (including phenoxy) is 3. The molecule has 2 aromatic rings. The maximum Gasteiger partial charge on any atom is 0.253 e. The van der Waals surface area contributed by atoms with Gasteiger partial charge in [-0.25, -0.2) is 0 Å². The second-order valence-corrected chi connectivity index (χ2v) is 8.35. The Kier molecular flexibility index (Phi) is 3.70. The van der Waals surface area contributed by atoms with Crippen molar-refractivity contribution in [2.75, 3.05) is 20.7 Å². The summed E-state index contributed by atoms with van der Waals surface area (Å²) >= 11 is 0. The summed E-state index contributed by atoms with van der Waals surface area (Å²) in [7, 11) is 3.98. The number of likely N-dealkylation sites (N-methyl/N-ethyl adjacent to an activating group) is 1. The molecule has 2 fully saturated rings. The fraction of sp³-hybridized carbons (Fsp3) is 0.478. The van der Waals surface area contributed by atoms with Crippen molar-refractivity contribution >= 4 is 0 Å². The van der Waals surface area contributed by atoms with Gasteiger partial charge in [0.25, 0.3) is 5.79 Å². The maximum absolute atomic E-state index is 6.36. The molecular weight excluding hydrogens is 338 g/mol. The molecule has 5 rings (SSSR count). The van der Waals surface area contributed by atoms with E-state index in [1.807, 2.05) is 24.3 Å². The topological polar surface area (TPSA) is 30.9 Å². The summed E-state index contributed by atoms with van der Waals surface area (Å²) < 4.78 is 18.2. The zero-order valence-corrected chi connectivity index (χ0v) is 16.3. The summed E-state index contributed by atoms with van der Waals surface area (Å²) in [6, 6.07) is 15.2. The average molecular weight is 365 g/mol. The van der Waals surface area contributed by atoms with E-state index in [4.69, 9.17) is 14.2 Å². The summed E-state index contributed by atoms with van der Waals surface area (Å²) in [5, 5.41) is 0. The summed E-state index contributed by atoms with van der Waals surface area (Å²) in [6.07, 6.45) is 4.06. The maximum atomic E-state index is 6.36. The number of methoxy groups -OCH3 is 1. The molecule has 0 amide bonds. The quantitative estimate of drug-likeness (QED) is 0.794. The molecule has 0 radical (unpaired) electrons. The smallest absolute Gasteiger partial charge is 0.253 e. The van der Waals surface area contributed by atoms with Gasteiger partial charge in [0.05, 0.1) is 7.11 Å². The molecule has 142 valence electrons. The molecule has 3 aliphatic rings. The highest BCUT2D eigenvalue weighted by Crippen LogP contribution is 2.55. The van der Waals surface area contributed by atoms with Crippen molar-refractivity contribution in [3.05, 3.63) is 53.6 Å². The van der Waals surface area contributed by atoms with Crippen LogP contribution in [0.1, 0.15) is 36.8 Å². The number of rotatable bonds is 2. The minimum absolute atomic E-state index is 0.165. The summed E-state index contributed by atoms with van der Waals surface area (Å²) in [5.41, 5.74) is 2.80. The van der Waals surface area contributed by atoms with Gasteiger partial charge in [-0.15, -0.1) is 0 Å². The molecule has 0 bridgehead atoms. The average Bonchev–Trinajstić information content (AvgIpc) is 3.20. The molecular formula is C23H27NO3. The Morgan fingerprint density at radius 3 is 2.44 bits per heavy atom. The number of nitrogens with zero attached hydrogens (tertiary/aromatic N) is 1. The van der Waals surface area contributed by atoms with Crippen LogP contribution in [-0.4, -0.2) is 37.4 Å². The fourth-order valence-corrected chi connectivity index (χ4v) is 5.47. The largest absolute Gasteiger partial charge is 0.496 e. The second kappa shape index (κ2) is 5.90. The van der Waals surface area contributed by atoms with Crippen LogP contribution in [0, 0.1) is 6.92 Å². The zero-order chi connectivity index (χ0) is 18.6. The van der Waals surface area contributed by atoms with Crippen molar-refractivity contribution in [2.24, 2.45) is 0 Å². The third-order valence-corrected chi connectivity index (χ3v) is 6.95. The summed E-state index contributed by atoms with van der Waals surface area (Å²) in [6.45, 7) is 3.25. The lowest BCUT2D eigenvalue weighted by Gasteiger charge is -2.47. The number of likely N-dealkylation sites (tertiary alicyclic amines) is 1. The van der Waals surface area contributed by atoms with Crippen LogP contribution in [0.25, 0.3) is 0 Å². The van der Waals surface area contributed by atoms with E-state index in [2.05, 4.69) is 37.1 Å². The molecule has 1 aliphatic carbocycles. The minimum Gasteiger partial charge on any atom is -0.496 e. The molecule has 0 N–H and O–H groups in total. The lowest BCUT2D eigenvalue weighted by molar-refractivity contribution is -0.131. The first-order chi connectivity index (χ1) is 13.1. The Balaban J connectivity index is 1.48. The monoisotopic (exact) mass is 365 g/mol. The number of hydrogen-bond acceptors (Lipinski definition) is 4. The van der Waals surface area contributed by atoms with E-state index in [-0.39, 0.29) is 5.41 Å². The Labute approximate surface area is 161 Å². The van der Waals surface area contributed by atoms with Gasteiger partial charge in [0, 0.05) is 24.3 Å². The molecule has 27 heavy (non-hydrogen) atoms. The number of fused-ring (bicyclic) bond motifs is 2. The number of para-hydroxylation sites is 2. The molecule has 2 atom stereocenters. The Bertz CT molecular complexity index is 855. The molecule has 1 saturated heterocycles. The van der Waals surface area contributed by atoms with Crippen LogP contribution in [0.4, 0.5) is 0 Å². The summed E-state index contributed by atoms with van der Waals surface area (Å²) in [4.78, 5) is 2.50. The zero-order valence-electron chi connectivity index (χ0n) is 16.3. The van der Waals surface area contributed by atoms with Gasteiger partial charge in [-0.1, -0.05) is 24.3 Å². The van der Waals surface area contributed by atoms with Gasteiger partial charge in [-0.2, -0.15) is 0 Å². The minimum atomic E-state index is -0.516. The molecule has 4 heteroatoms. The van der Waals surface area contributed by atoms with E-state index < -0.39 is 5.79 Å². The number of benzene rings is 2. The van der Waals surface area contributed by atoms with Crippen molar-refractivity contribution in [1.82, 2.24) is 4.90 Å². The SMILES string of the molecule is COc1ccc(C23CCN(C)C2CC2(CC3)Oc3ccccc3O2)cc1C. The molecule has 2 aliphatic heterocycles. The third kappa shape index (κ3) is 2.46. The van der Waals surface area contributed by atoms with Crippen LogP contribution >= 0.6 is 0 Å². The molecule has 1 saturated carbocycles. The van der Waals surface area contributed by atoms with Crippen molar-refractivity contribution in [2.45, 2.75) is 49.9 Å². The first kappa shape index (κ1) is 16.9. The van der Waals surface area contributed by atoms with Gasteiger partial charge >= 0.3 is 0 Å². The van der Waals surface area contributed by atoms with E-state index in [0.717, 1.165) is 43.1 Å². The van der Waals surface area contributed by atoms with Crippen molar-refractivity contribution in [1.29, 1.82) is 0 Å². The Hall–Kier alpha value is -2.20. The first-order valence-corrected chi connectivity index (χ1v) is 9.88. The van der Waals surface area contributed by atoms with Crippen LogP contribution in [-0.2, 0) is 5.41 Å². The van der Waals surface area contributed by atoms with Crippen molar-refractivity contribution < 1.29 is 14.2 Å². The van der Waals surface area contributed by atoms with Crippen LogP contribution in [0.15, 0.2) is 42.5 Å². The van der Waals surface area contributed by atoms with E-state index >= 15 is 0 Å². The predicted molar refractivity (Wildman–Crippen MR) is 105 cm³/mol. The highest BCUT2D eigenvalue weighted by molar-refractivity contribution is 5.45. The van der Waals surface area contributed by atoms with Gasteiger partial charge in [0.15, 0.2) is 11.5 Å². The second-order valence-electron chi connectivity index (χ2n) is 8.35. The Morgan fingerprint density at radius 1 is 1.04 bits per heavy atom. The Morgan fingerprint density at radius 2 is 1.78 bits per heavy atom. The number of hydrogen-bond donors (Lipinski definition) is 0. The standard InChI is InChI=1S/C23H27NO3/c1-16-14-17(8-9-18(16)25-3)22-10-11-23(15-21(22)24(2)13-12-22)26-19-6-4-5-7-20(19)27-23/h4-9,14,21H,10-13,15H2,1-3H3. The molecule has 4 nitrogen and oxygen atoms in total. The van der Waals surface area contributed by atoms with Gasteiger partial charge in [-0.3, -0.25) is 0 Å². The lowest BCUT2D eigenvalue weighted by Crippen LogP contribution is -2.55. The summed E-state index contributed by atoms with van der Waals surface area (Å²) in [5.74, 6) is 2.21. The van der Waals surface area contributed by atoms with E-state index in [1.54, 1.807) is 7.11 Å². The molecule has 2 heterocycles. The van der Waals surface area contributed by atoms with Crippen molar-refractivity contribution in [3.63, 3.8) is 0 Å². The highest BCUT2D eigenvalue weighted by Gasteiger charge is 2.58. The normalized spacial score (nSPS) is 28.3. The first-order valence-electron chi connectivity index (χ1n) is 9.88. The van der Waals surface area contributed by atoms with Crippen molar-refractivity contribution in [3.8, 4) is 17.2 Å². The third-order valence-electron chi connectivity index (χ3n) is 6.95. The van der Waals surface area contributed by atoms with Gasteiger partial charge in [-0.05, 0) is 62.7 Å². The van der Waals surface area contributed by atoms with E-state index in [0.29, 0.717) is 6.04 Å². The molecule has 0 aromatic heterocycles. The fourth-order valence-electron chi connectivity index (χ4n) is 5.47. The molecule has 2 unspecified atom stereocenters. The van der Waals surface area contributed by atoms with E-state index in [9.17, 15) is 0 Å². The number of aryl methyl sites for hydroxylation is 1. The van der Waals surface area contributed by atoms with Gasteiger partial charge in [0.1, 0.15) is 5.75 Å². The van der Waals surface area contributed by atoms with Gasteiger partial charge < -0.3 is 19.1 Å². The van der Waals surface area contributed by atoms with Crippen LogP contribution in [0.2, 0.25) is 0 Å². The predicted octanol–water partition coefficient (Wildman–Crippen LogP) is 4.30. The van der Waals surface area contributed by atoms with Gasteiger partial charge in [0.2, 0.25) is 0 Å². The van der Waals surface area contributed by atoms with E-state index in [1.165, 1.54) is 17.5 Å². The van der Waals surface area contributed by atoms with Crippen LogP contribution < -0.4 is 14.2 Å². The molecule has 1 spiro atoms. The van der Waals surface area contributed by atoms with Crippen LogP contribution in [0.5, 0.6) is 17.2 Å².